The number of ether oxygens (including phenoxy) is 1. The second kappa shape index (κ2) is 26.2. The molecular weight excluding hydrogens is 1010 g/mol. The molecule has 13 heteroatoms. The molecule has 0 radical (unpaired) electrons. The van der Waals surface area contributed by atoms with Crippen molar-refractivity contribution in [1.82, 2.24) is 0 Å². The van der Waals surface area contributed by atoms with Gasteiger partial charge in [-0.3, -0.25) is 0 Å². The van der Waals surface area contributed by atoms with E-state index in [0.717, 1.165) is 112 Å². The van der Waals surface area contributed by atoms with Crippen LogP contribution >= 0.6 is 0 Å². The van der Waals surface area contributed by atoms with Crippen LogP contribution in [0.25, 0.3) is 21.5 Å². The van der Waals surface area contributed by atoms with Gasteiger partial charge in [-0.2, -0.15) is 4.58 Å². The van der Waals surface area contributed by atoms with Gasteiger partial charge in [-0.05, 0) is 140 Å². The first-order valence-corrected chi connectivity index (χ1v) is 31.2. The first kappa shape index (κ1) is 60.1. The topological polar surface area (TPSA) is 133 Å². The standard InChI is InChI=1S/C64H81N3O7S2.Na/c1-8-10-12-18-41-65(42-19-13-11-9-2)51-34-36-52(37-35-51)74-61-50(33-40-58-63(4,5)59-54-28-16-14-25-48(54)31-38-56(59)66(58)43-20-22-45-75(68,69)70)27-24-30-53(61)47(3)62-64(6,7)60-55-29-17-15-26-49(55)32-39-57(60)67(62)44-21-23-46-76(71,72)73;/h14-17,25-26,28-29,31-40H,3,8-13,18-24,27,30,41-46H2,1-2,4-7H3,(H-,68,69,70,71,72,73);/q;+1/p-1/b50-33+,58-40+;. The fourth-order valence-electron chi connectivity index (χ4n) is 12.3. The molecule has 0 spiro atoms. The summed E-state index contributed by atoms with van der Waals surface area (Å²) >= 11 is 0. The van der Waals surface area contributed by atoms with Gasteiger partial charge in [-0.15, -0.1) is 0 Å². The monoisotopic (exact) mass is 1090 g/mol. The van der Waals surface area contributed by atoms with E-state index in [9.17, 15) is 25.9 Å². The molecule has 0 saturated heterocycles. The van der Waals surface area contributed by atoms with Crippen LogP contribution in [0.2, 0.25) is 0 Å². The van der Waals surface area contributed by atoms with E-state index >= 15 is 0 Å². The van der Waals surface area contributed by atoms with Crippen LogP contribution in [0, 0.1) is 0 Å². The molecule has 2 aliphatic heterocycles. The van der Waals surface area contributed by atoms with Crippen LogP contribution in [-0.2, 0) is 31.1 Å². The number of unbranched alkanes of at least 4 members (excludes halogenated alkanes) is 8. The van der Waals surface area contributed by atoms with E-state index < -0.39 is 42.6 Å². The quantitative estimate of drug-likeness (QED) is 0.0230. The number of anilines is 2. The van der Waals surface area contributed by atoms with Gasteiger partial charge in [0.05, 0.1) is 25.7 Å². The number of fused-ring (bicyclic) bond motifs is 6. The zero-order valence-corrected chi connectivity index (χ0v) is 50.6. The molecule has 406 valence electrons. The Hall–Kier alpha value is -4.53. The molecule has 8 rings (SSSR count). The summed E-state index contributed by atoms with van der Waals surface area (Å²) in [6, 6.07) is 34.1. The van der Waals surface area contributed by atoms with Crippen molar-refractivity contribution in [3.05, 3.63) is 155 Å². The van der Waals surface area contributed by atoms with Crippen LogP contribution < -0.4 is 44.1 Å². The summed E-state index contributed by atoms with van der Waals surface area (Å²) in [4.78, 5) is 4.85. The van der Waals surface area contributed by atoms with E-state index in [-0.39, 0.29) is 42.4 Å². The Labute approximate surface area is 482 Å². The number of hydrogen-bond donors (Lipinski definition) is 0. The van der Waals surface area contributed by atoms with Crippen LogP contribution in [0.1, 0.15) is 149 Å². The van der Waals surface area contributed by atoms with Crippen molar-refractivity contribution in [2.45, 2.75) is 149 Å². The van der Waals surface area contributed by atoms with E-state index in [1.54, 1.807) is 0 Å². The third kappa shape index (κ3) is 14.1. The number of rotatable bonds is 26. The van der Waals surface area contributed by atoms with Crippen molar-refractivity contribution < 1.29 is 64.8 Å². The summed E-state index contributed by atoms with van der Waals surface area (Å²) < 4.78 is 80.1. The molecule has 0 atom stereocenters. The Morgan fingerprint density at radius 1 is 0.675 bits per heavy atom. The molecule has 0 aromatic heterocycles. The second-order valence-electron chi connectivity index (χ2n) is 22.3. The Morgan fingerprint density at radius 2 is 1.26 bits per heavy atom. The Morgan fingerprint density at radius 3 is 1.87 bits per heavy atom. The van der Waals surface area contributed by atoms with E-state index in [4.69, 9.17) is 11.3 Å². The van der Waals surface area contributed by atoms with Crippen molar-refractivity contribution in [2.24, 2.45) is 0 Å². The van der Waals surface area contributed by atoms with Crippen molar-refractivity contribution in [2.75, 3.05) is 47.5 Å². The molecular formula is C64H80N3NaO7S2. The van der Waals surface area contributed by atoms with Crippen LogP contribution in [0.4, 0.5) is 17.1 Å². The Kier molecular flexibility index (Phi) is 20.4. The number of nitrogens with zero attached hydrogens (tertiary/aromatic N) is 3. The molecule has 0 N–H and O–H groups in total. The molecule has 0 unspecified atom stereocenters. The van der Waals surface area contributed by atoms with Crippen molar-refractivity contribution >= 4 is 64.6 Å². The number of benzene rings is 5. The van der Waals surface area contributed by atoms with Crippen LogP contribution in [0.3, 0.4) is 0 Å². The molecule has 0 fully saturated rings. The Balaban J connectivity index is 0.00000861. The summed E-state index contributed by atoms with van der Waals surface area (Å²) in [6.45, 7) is 21.6. The van der Waals surface area contributed by atoms with Gasteiger partial charge in [0.1, 0.15) is 18.1 Å². The first-order chi connectivity index (χ1) is 36.3. The molecule has 1 aliphatic carbocycles. The van der Waals surface area contributed by atoms with E-state index in [1.807, 2.05) is 0 Å². The zero-order valence-electron chi connectivity index (χ0n) is 47.0. The maximum absolute atomic E-state index is 11.8. The molecule has 2 heterocycles. The van der Waals surface area contributed by atoms with E-state index in [1.165, 1.54) is 60.7 Å². The molecule has 10 nitrogen and oxygen atoms in total. The third-order valence-corrected chi connectivity index (χ3v) is 17.6. The summed E-state index contributed by atoms with van der Waals surface area (Å²) in [7, 11) is -8.72. The summed E-state index contributed by atoms with van der Waals surface area (Å²) in [5.41, 5.74) is 9.77. The summed E-state index contributed by atoms with van der Waals surface area (Å²) in [5, 5.41) is 4.60. The van der Waals surface area contributed by atoms with E-state index in [0.29, 0.717) is 25.9 Å². The van der Waals surface area contributed by atoms with E-state index in [2.05, 4.69) is 165 Å². The molecule has 0 bridgehead atoms. The summed E-state index contributed by atoms with van der Waals surface area (Å²) in [5.74, 6) is 0.689. The minimum absolute atomic E-state index is 0. The molecule has 0 saturated carbocycles. The molecule has 5 aromatic rings. The molecule has 3 aliphatic rings. The molecule has 77 heavy (non-hydrogen) atoms. The zero-order chi connectivity index (χ0) is 54.3. The average molecular weight is 1090 g/mol. The normalized spacial score (nSPS) is 17.1. The average Bonchev–Trinajstić information content (AvgIpc) is 3.82. The second-order valence-corrected chi connectivity index (χ2v) is 25.3. The minimum Gasteiger partial charge on any atom is -0.748 e. The number of hydrogen-bond acceptors (Lipinski definition) is 9. The van der Waals surface area contributed by atoms with Crippen molar-refractivity contribution in [3.63, 3.8) is 0 Å². The third-order valence-electron chi connectivity index (χ3n) is 16.0. The van der Waals surface area contributed by atoms with Crippen LogP contribution in [0.15, 0.2) is 144 Å². The summed E-state index contributed by atoms with van der Waals surface area (Å²) in [6.07, 6.45) is 17.9. The van der Waals surface area contributed by atoms with Crippen molar-refractivity contribution in [3.8, 4) is 5.75 Å². The number of allylic oxidation sites excluding steroid dienone is 6. The van der Waals surface area contributed by atoms with Crippen LogP contribution in [0.5, 0.6) is 5.75 Å². The fourth-order valence-corrected chi connectivity index (χ4v) is 13.4. The largest absolute Gasteiger partial charge is 1.00 e. The maximum atomic E-state index is 11.8. The predicted molar refractivity (Wildman–Crippen MR) is 312 cm³/mol. The van der Waals surface area contributed by atoms with Gasteiger partial charge in [0, 0.05) is 82.8 Å². The van der Waals surface area contributed by atoms with Gasteiger partial charge >= 0.3 is 29.6 Å². The molecule has 5 aromatic carbocycles. The fraction of sp³-hybridized carbons (Fsp3) is 0.453. The van der Waals surface area contributed by atoms with Gasteiger partial charge in [0.15, 0.2) is 5.71 Å². The first-order valence-electron chi connectivity index (χ1n) is 28.1. The maximum Gasteiger partial charge on any atom is 1.00 e. The smallest absolute Gasteiger partial charge is 0.748 e. The Bertz CT molecular complexity index is 3270. The van der Waals surface area contributed by atoms with Gasteiger partial charge in [-0.25, -0.2) is 16.8 Å². The van der Waals surface area contributed by atoms with Crippen molar-refractivity contribution in [1.29, 1.82) is 0 Å². The van der Waals surface area contributed by atoms with Crippen LogP contribution in [-0.4, -0.2) is 73.9 Å². The SMILES string of the molecule is C=C(C1=C(Oc2ccc(N(CCCCCC)CCCCCC)cc2)/C(=C/C=C2/N(CCCCS(=O)(=O)[O-])c3ccc4ccccc4c3C2(C)C)CCC1)C1=[N+](CCCCS(=O)(=O)[O-])c2ccc3ccccc3c2C1(C)C.[Na+]. The van der Waals surface area contributed by atoms with Gasteiger partial charge in [0.25, 0.3) is 0 Å². The molecule has 0 amide bonds. The predicted octanol–water partition coefficient (Wildman–Crippen LogP) is 11.7. The van der Waals surface area contributed by atoms with Gasteiger partial charge in [-0.1, -0.05) is 133 Å². The van der Waals surface area contributed by atoms with Gasteiger partial charge < -0.3 is 23.6 Å². The minimum atomic E-state index is -4.37. The van der Waals surface area contributed by atoms with Gasteiger partial charge in [0.2, 0.25) is 5.69 Å².